The summed E-state index contributed by atoms with van der Waals surface area (Å²) in [5, 5.41) is 9.94. The van der Waals surface area contributed by atoms with Crippen molar-refractivity contribution in [3.05, 3.63) is 30.1 Å². The predicted molar refractivity (Wildman–Crippen MR) is 53.5 cm³/mol. The molecule has 0 aliphatic carbocycles. The van der Waals surface area contributed by atoms with Crippen LogP contribution in [-0.2, 0) is 6.42 Å². The van der Waals surface area contributed by atoms with E-state index in [4.69, 9.17) is 0 Å². The van der Waals surface area contributed by atoms with Gasteiger partial charge in [-0.15, -0.1) is 0 Å². The second-order valence-corrected chi connectivity index (χ2v) is 3.78. The highest BCUT2D eigenvalue weighted by Gasteiger charge is 2.19. The van der Waals surface area contributed by atoms with Gasteiger partial charge in [0.25, 0.3) is 0 Å². The molecule has 2 nitrogen and oxygen atoms in total. The Morgan fingerprint density at radius 3 is 2.85 bits per heavy atom. The summed E-state index contributed by atoms with van der Waals surface area (Å²) in [6, 6.07) is 3.90. The van der Waals surface area contributed by atoms with E-state index in [9.17, 15) is 5.11 Å². The van der Waals surface area contributed by atoms with E-state index >= 15 is 0 Å². The van der Waals surface area contributed by atoms with Gasteiger partial charge < -0.3 is 5.11 Å². The van der Waals surface area contributed by atoms with E-state index in [0.717, 1.165) is 18.4 Å². The maximum atomic E-state index is 9.94. The first-order chi connectivity index (χ1) is 6.14. The average molecular weight is 179 g/mol. The van der Waals surface area contributed by atoms with Gasteiger partial charge in [-0.1, -0.05) is 19.4 Å². The number of hydrogen-bond acceptors (Lipinski definition) is 2. The Labute approximate surface area is 79.6 Å². The van der Waals surface area contributed by atoms with Gasteiger partial charge in [0.2, 0.25) is 0 Å². The fraction of sp³-hybridized carbons (Fsp3) is 0.545. The van der Waals surface area contributed by atoms with E-state index in [-0.39, 0.29) is 0 Å². The average Bonchev–Trinajstić information content (AvgIpc) is 2.04. The molecule has 1 rings (SSSR count). The molecule has 0 aliphatic rings. The molecule has 0 saturated carbocycles. The predicted octanol–water partition coefficient (Wildman–Crippen LogP) is 2.18. The molecule has 72 valence electrons. The lowest BCUT2D eigenvalue weighted by Gasteiger charge is -2.22. The summed E-state index contributed by atoms with van der Waals surface area (Å²) in [6.45, 7) is 3.96. The monoisotopic (exact) mass is 179 g/mol. The number of pyridine rings is 1. The second kappa shape index (κ2) is 4.38. The molecule has 0 radical (unpaired) electrons. The van der Waals surface area contributed by atoms with Gasteiger partial charge in [-0.05, 0) is 25.0 Å². The molecule has 1 heterocycles. The van der Waals surface area contributed by atoms with Crippen molar-refractivity contribution < 1.29 is 5.11 Å². The zero-order valence-corrected chi connectivity index (χ0v) is 8.33. The molecule has 0 amide bonds. The van der Waals surface area contributed by atoms with Crippen molar-refractivity contribution in [2.45, 2.75) is 38.7 Å². The fourth-order valence-corrected chi connectivity index (χ4v) is 1.57. The standard InChI is InChI=1S/C11H17NO/c1-3-6-11(2,13)8-10-5-4-7-12-9-10/h4-5,7,9,13H,3,6,8H2,1-2H3. The van der Waals surface area contributed by atoms with E-state index in [1.54, 1.807) is 6.20 Å². The summed E-state index contributed by atoms with van der Waals surface area (Å²) < 4.78 is 0. The molecule has 2 heteroatoms. The highest BCUT2D eigenvalue weighted by Crippen LogP contribution is 2.17. The molecule has 0 spiro atoms. The van der Waals surface area contributed by atoms with E-state index < -0.39 is 5.60 Å². The topological polar surface area (TPSA) is 33.1 Å². The minimum absolute atomic E-state index is 0.586. The zero-order valence-electron chi connectivity index (χ0n) is 8.33. The largest absolute Gasteiger partial charge is 0.390 e. The highest BCUT2D eigenvalue weighted by atomic mass is 16.3. The number of rotatable bonds is 4. The van der Waals surface area contributed by atoms with Crippen molar-refractivity contribution in [3.8, 4) is 0 Å². The summed E-state index contributed by atoms with van der Waals surface area (Å²) in [5.74, 6) is 0. The quantitative estimate of drug-likeness (QED) is 0.768. The molecule has 0 bridgehead atoms. The number of hydrogen-bond donors (Lipinski definition) is 1. The molecule has 0 aliphatic heterocycles. The molecule has 13 heavy (non-hydrogen) atoms. The molecule has 1 aromatic heterocycles. The van der Waals surface area contributed by atoms with Crippen LogP contribution in [0.5, 0.6) is 0 Å². The highest BCUT2D eigenvalue weighted by molar-refractivity contribution is 5.11. The zero-order chi connectivity index (χ0) is 9.73. The van der Waals surface area contributed by atoms with Crippen LogP contribution in [0.3, 0.4) is 0 Å². The van der Waals surface area contributed by atoms with Gasteiger partial charge in [0.1, 0.15) is 0 Å². The minimum Gasteiger partial charge on any atom is -0.390 e. The van der Waals surface area contributed by atoms with Crippen molar-refractivity contribution in [2.24, 2.45) is 0 Å². The Bertz CT molecular complexity index is 244. The Balaban J connectivity index is 2.58. The molecule has 0 fully saturated rings. The summed E-state index contributed by atoms with van der Waals surface area (Å²) in [7, 11) is 0. The minimum atomic E-state index is -0.586. The summed E-state index contributed by atoms with van der Waals surface area (Å²) in [5.41, 5.74) is 0.513. The van der Waals surface area contributed by atoms with Crippen LogP contribution in [-0.4, -0.2) is 15.7 Å². The smallest absolute Gasteiger partial charge is 0.0660 e. The van der Waals surface area contributed by atoms with Crippen molar-refractivity contribution in [3.63, 3.8) is 0 Å². The third kappa shape index (κ3) is 3.55. The molecule has 0 aromatic carbocycles. The maximum absolute atomic E-state index is 9.94. The van der Waals surface area contributed by atoms with Crippen LogP contribution in [0.2, 0.25) is 0 Å². The van der Waals surface area contributed by atoms with Crippen LogP contribution in [0.15, 0.2) is 24.5 Å². The number of aromatic nitrogens is 1. The summed E-state index contributed by atoms with van der Waals surface area (Å²) in [4.78, 5) is 4.02. The van der Waals surface area contributed by atoms with Gasteiger partial charge in [0.15, 0.2) is 0 Å². The van der Waals surface area contributed by atoms with Crippen molar-refractivity contribution in [2.75, 3.05) is 0 Å². The maximum Gasteiger partial charge on any atom is 0.0660 e. The van der Waals surface area contributed by atoms with E-state index in [2.05, 4.69) is 11.9 Å². The third-order valence-electron chi connectivity index (χ3n) is 2.10. The van der Waals surface area contributed by atoms with E-state index in [0.29, 0.717) is 6.42 Å². The first kappa shape index (κ1) is 10.2. The number of aliphatic hydroxyl groups is 1. The number of nitrogens with zero attached hydrogens (tertiary/aromatic N) is 1. The van der Waals surface area contributed by atoms with Crippen molar-refractivity contribution >= 4 is 0 Å². The SMILES string of the molecule is CCCC(C)(O)Cc1cccnc1. The van der Waals surface area contributed by atoms with Crippen LogP contribution in [0, 0.1) is 0 Å². The molecule has 1 N–H and O–H groups in total. The molecular weight excluding hydrogens is 162 g/mol. The van der Waals surface area contributed by atoms with Gasteiger partial charge in [0.05, 0.1) is 5.60 Å². The van der Waals surface area contributed by atoms with Crippen molar-refractivity contribution in [1.29, 1.82) is 0 Å². The van der Waals surface area contributed by atoms with Crippen LogP contribution >= 0.6 is 0 Å². The Kier molecular flexibility index (Phi) is 3.43. The van der Waals surface area contributed by atoms with Crippen LogP contribution in [0.4, 0.5) is 0 Å². The summed E-state index contributed by atoms with van der Waals surface area (Å²) >= 11 is 0. The molecule has 1 aromatic rings. The lowest BCUT2D eigenvalue weighted by molar-refractivity contribution is 0.0505. The first-order valence-corrected chi connectivity index (χ1v) is 4.75. The van der Waals surface area contributed by atoms with E-state index in [1.807, 2.05) is 25.3 Å². The second-order valence-electron chi connectivity index (χ2n) is 3.78. The van der Waals surface area contributed by atoms with Crippen LogP contribution in [0.25, 0.3) is 0 Å². The Morgan fingerprint density at radius 2 is 2.31 bits per heavy atom. The Hall–Kier alpha value is -0.890. The van der Waals surface area contributed by atoms with Crippen LogP contribution < -0.4 is 0 Å². The van der Waals surface area contributed by atoms with Gasteiger partial charge >= 0.3 is 0 Å². The lowest BCUT2D eigenvalue weighted by atomic mass is 9.93. The van der Waals surface area contributed by atoms with Gasteiger partial charge in [-0.25, -0.2) is 0 Å². The Morgan fingerprint density at radius 1 is 1.54 bits per heavy atom. The third-order valence-corrected chi connectivity index (χ3v) is 2.10. The normalized spacial score (nSPS) is 15.3. The van der Waals surface area contributed by atoms with Crippen molar-refractivity contribution in [1.82, 2.24) is 4.98 Å². The van der Waals surface area contributed by atoms with Crippen LogP contribution in [0.1, 0.15) is 32.3 Å². The lowest BCUT2D eigenvalue weighted by Crippen LogP contribution is -2.26. The molecular formula is C11H17NO. The molecule has 1 unspecified atom stereocenters. The van der Waals surface area contributed by atoms with Gasteiger partial charge in [-0.2, -0.15) is 0 Å². The first-order valence-electron chi connectivity index (χ1n) is 4.75. The van der Waals surface area contributed by atoms with Gasteiger partial charge in [0, 0.05) is 18.8 Å². The summed E-state index contributed by atoms with van der Waals surface area (Å²) in [6.07, 6.45) is 6.09. The fourth-order valence-electron chi connectivity index (χ4n) is 1.57. The molecule has 0 saturated heterocycles. The van der Waals surface area contributed by atoms with E-state index in [1.165, 1.54) is 0 Å². The molecule has 1 atom stereocenters. The van der Waals surface area contributed by atoms with Gasteiger partial charge in [-0.3, -0.25) is 4.98 Å².